The SMILES string of the molecule is N#CC1(C(=O)N2CC3CCC(C2)C3(F)F)CCCC1. The van der Waals surface area contributed by atoms with Crippen molar-refractivity contribution >= 4 is 5.91 Å². The molecule has 0 N–H and O–H groups in total. The Morgan fingerprint density at radius 1 is 1.16 bits per heavy atom. The molecule has 1 saturated heterocycles. The van der Waals surface area contributed by atoms with Crippen LogP contribution in [0.3, 0.4) is 0 Å². The Labute approximate surface area is 111 Å². The number of carbonyl (C=O) groups is 1. The van der Waals surface area contributed by atoms with Crippen molar-refractivity contribution < 1.29 is 13.6 Å². The van der Waals surface area contributed by atoms with Gasteiger partial charge in [0.2, 0.25) is 5.91 Å². The Kier molecular flexibility index (Phi) is 2.81. The van der Waals surface area contributed by atoms with Crippen LogP contribution < -0.4 is 0 Å². The molecule has 0 aromatic carbocycles. The van der Waals surface area contributed by atoms with Crippen molar-refractivity contribution in [1.29, 1.82) is 5.26 Å². The molecule has 0 aromatic heterocycles. The average Bonchev–Trinajstić information content (AvgIpc) is 2.88. The van der Waals surface area contributed by atoms with Crippen LogP contribution in [-0.2, 0) is 4.79 Å². The minimum atomic E-state index is -2.62. The van der Waals surface area contributed by atoms with Crippen molar-refractivity contribution in [3.8, 4) is 6.07 Å². The Morgan fingerprint density at radius 3 is 2.16 bits per heavy atom. The molecule has 0 radical (unpaired) electrons. The van der Waals surface area contributed by atoms with E-state index in [-0.39, 0.29) is 19.0 Å². The van der Waals surface area contributed by atoms with Crippen LogP contribution in [0, 0.1) is 28.6 Å². The van der Waals surface area contributed by atoms with Crippen LogP contribution in [0.25, 0.3) is 0 Å². The topological polar surface area (TPSA) is 44.1 Å². The van der Waals surface area contributed by atoms with Gasteiger partial charge < -0.3 is 4.90 Å². The highest BCUT2D eigenvalue weighted by atomic mass is 19.3. The molecule has 3 nitrogen and oxygen atoms in total. The molecule has 2 atom stereocenters. The minimum absolute atomic E-state index is 0.131. The van der Waals surface area contributed by atoms with E-state index in [0.29, 0.717) is 25.7 Å². The number of hydrogen-bond acceptors (Lipinski definition) is 2. The van der Waals surface area contributed by atoms with Crippen molar-refractivity contribution in [2.75, 3.05) is 13.1 Å². The summed E-state index contributed by atoms with van der Waals surface area (Å²) in [4.78, 5) is 14.1. The van der Waals surface area contributed by atoms with Crippen LogP contribution in [0.4, 0.5) is 8.78 Å². The molecule has 2 unspecified atom stereocenters. The summed E-state index contributed by atoms with van der Waals surface area (Å²) in [5.74, 6) is -4.22. The van der Waals surface area contributed by atoms with Crippen molar-refractivity contribution in [2.45, 2.75) is 44.4 Å². The van der Waals surface area contributed by atoms with Gasteiger partial charge in [-0.15, -0.1) is 0 Å². The van der Waals surface area contributed by atoms with Crippen LogP contribution in [0.2, 0.25) is 0 Å². The number of piperidine rings is 1. The zero-order valence-electron chi connectivity index (χ0n) is 10.9. The van der Waals surface area contributed by atoms with E-state index >= 15 is 0 Å². The van der Waals surface area contributed by atoms with Crippen LogP contribution in [-0.4, -0.2) is 29.8 Å². The van der Waals surface area contributed by atoms with E-state index in [9.17, 15) is 18.8 Å². The number of nitrogens with zero attached hydrogens (tertiary/aromatic N) is 2. The van der Waals surface area contributed by atoms with E-state index in [1.165, 1.54) is 0 Å². The van der Waals surface area contributed by atoms with Crippen molar-refractivity contribution in [3.05, 3.63) is 0 Å². The van der Waals surface area contributed by atoms with E-state index in [1.54, 1.807) is 4.90 Å². The van der Waals surface area contributed by atoms with Gasteiger partial charge >= 0.3 is 0 Å². The summed E-state index contributed by atoms with van der Waals surface area (Å²) >= 11 is 0. The summed E-state index contributed by atoms with van der Waals surface area (Å²) < 4.78 is 27.7. The largest absolute Gasteiger partial charge is 0.340 e. The monoisotopic (exact) mass is 268 g/mol. The quantitative estimate of drug-likeness (QED) is 0.733. The fourth-order valence-electron chi connectivity index (χ4n) is 3.97. The van der Waals surface area contributed by atoms with Gasteiger partial charge in [-0.25, -0.2) is 8.78 Å². The highest BCUT2D eigenvalue weighted by Gasteiger charge is 2.58. The predicted octanol–water partition coefficient (Wildman–Crippen LogP) is 2.57. The Hall–Kier alpha value is -1.18. The van der Waals surface area contributed by atoms with E-state index in [4.69, 9.17) is 0 Å². The lowest BCUT2D eigenvalue weighted by Gasteiger charge is -2.40. The minimum Gasteiger partial charge on any atom is -0.340 e. The van der Waals surface area contributed by atoms with Gasteiger partial charge in [0.25, 0.3) is 5.92 Å². The van der Waals surface area contributed by atoms with Crippen molar-refractivity contribution in [2.24, 2.45) is 17.3 Å². The number of hydrogen-bond donors (Lipinski definition) is 0. The first-order valence-corrected chi connectivity index (χ1v) is 7.08. The first kappa shape index (κ1) is 12.8. The number of rotatable bonds is 1. The zero-order valence-corrected chi connectivity index (χ0v) is 10.9. The third kappa shape index (κ3) is 1.76. The lowest BCUT2D eigenvalue weighted by Crippen LogP contribution is -2.54. The molecule has 104 valence electrons. The molecule has 2 aliphatic carbocycles. The molecule has 0 aromatic rings. The van der Waals surface area contributed by atoms with Crippen LogP contribution in [0.15, 0.2) is 0 Å². The van der Waals surface area contributed by atoms with E-state index in [0.717, 1.165) is 12.8 Å². The zero-order chi connectivity index (χ0) is 13.7. The van der Waals surface area contributed by atoms with Gasteiger partial charge in [0.05, 0.1) is 6.07 Å². The Morgan fingerprint density at radius 2 is 1.68 bits per heavy atom. The lowest BCUT2D eigenvalue weighted by atomic mass is 9.84. The molecule has 2 saturated carbocycles. The number of nitriles is 1. The van der Waals surface area contributed by atoms with Gasteiger partial charge in [0.15, 0.2) is 0 Å². The predicted molar refractivity (Wildman–Crippen MR) is 64.3 cm³/mol. The molecule has 1 aliphatic heterocycles. The highest BCUT2D eigenvalue weighted by molar-refractivity contribution is 5.86. The summed E-state index contributed by atoms with van der Waals surface area (Å²) in [5, 5.41) is 9.32. The molecule has 0 spiro atoms. The molecule has 2 bridgehead atoms. The molecule has 1 amide bonds. The van der Waals surface area contributed by atoms with Gasteiger partial charge in [-0.05, 0) is 25.7 Å². The molecule has 5 heteroatoms. The average molecular weight is 268 g/mol. The van der Waals surface area contributed by atoms with E-state index < -0.39 is 23.2 Å². The summed E-state index contributed by atoms with van der Waals surface area (Å²) in [7, 11) is 0. The molecule has 3 fully saturated rings. The second-order valence-corrected chi connectivity index (χ2v) is 6.26. The van der Waals surface area contributed by atoms with Crippen molar-refractivity contribution in [3.63, 3.8) is 0 Å². The fourth-order valence-corrected chi connectivity index (χ4v) is 3.97. The number of alkyl halides is 2. The van der Waals surface area contributed by atoms with Gasteiger partial charge in [0, 0.05) is 24.9 Å². The maximum absolute atomic E-state index is 13.8. The normalized spacial score (nSPS) is 35.1. The van der Waals surface area contributed by atoms with Gasteiger partial charge in [0.1, 0.15) is 5.41 Å². The smallest absolute Gasteiger partial charge is 0.257 e. The van der Waals surface area contributed by atoms with Crippen molar-refractivity contribution in [1.82, 2.24) is 4.90 Å². The summed E-state index contributed by atoms with van der Waals surface area (Å²) in [5.41, 5.74) is -0.925. The van der Waals surface area contributed by atoms with Crippen LogP contribution in [0.1, 0.15) is 38.5 Å². The summed E-state index contributed by atoms with van der Waals surface area (Å²) in [6, 6.07) is 2.17. The second-order valence-electron chi connectivity index (χ2n) is 6.26. The number of carbonyl (C=O) groups excluding carboxylic acids is 1. The van der Waals surface area contributed by atoms with Gasteiger partial charge in [-0.3, -0.25) is 4.79 Å². The third-order valence-electron chi connectivity index (χ3n) is 5.20. The van der Waals surface area contributed by atoms with Gasteiger partial charge in [-0.2, -0.15) is 5.26 Å². The number of amides is 1. The second kappa shape index (κ2) is 4.16. The van der Waals surface area contributed by atoms with E-state index in [2.05, 4.69) is 6.07 Å². The Balaban J connectivity index is 1.78. The number of likely N-dealkylation sites (tertiary alicyclic amines) is 1. The standard InChI is InChI=1S/C14H18F2N2O/c15-14(16)10-3-4-11(14)8-18(7-10)12(19)13(9-17)5-1-2-6-13/h10-11H,1-8H2. The molecular weight excluding hydrogens is 250 g/mol. The third-order valence-corrected chi connectivity index (χ3v) is 5.20. The molecular formula is C14H18F2N2O. The maximum atomic E-state index is 13.8. The van der Waals surface area contributed by atoms with Crippen LogP contribution in [0.5, 0.6) is 0 Å². The fraction of sp³-hybridized carbons (Fsp3) is 0.857. The number of fused-ring (bicyclic) bond motifs is 2. The summed E-state index contributed by atoms with van der Waals surface area (Å²) in [6.45, 7) is 0.261. The number of halogens is 2. The lowest BCUT2D eigenvalue weighted by molar-refractivity contribution is -0.155. The molecule has 3 rings (SSSR count). The van der Waals surface area contributed by atoms with Crippen LogP contribution >= 0.6 is 0 Å². The molecule has 19 heavy (non-hydrogen) atoms. The van der Waals surface area contributed by atoms with E-state index in [1.807, 2.05) is 0 Å². The molecule has 3 aliphatic rings. The highest BCUT2D eigenvalue weighted by Crippen LogP contribution is 2.50. The Bertz CT molecular complexity index is 421. The first-order chi connectivity index (χ1) is 8.99. The summed E-state index contributed by atoms with van der Waals surface area (Å²) in [6.07, 6.45) is 3.95. The maximum Gasteiger partial charge on any atom is 0.257 e. The van der Waals surface area contributed by atoms with Gasteiger partial charge in [-0.1, -0.05) is 12.8 Å². The first-order valence-electron chi connectivity index (χ1n) is 7.08. The molecule has 1 heterocycles.